The maximum atomic E-state index is 12.2. The van der Waals surface area contributed by atoms with Crippen molar-refractivity contribution in [3.8, 4) is 5.75 Å². The normalized spacial score (nSPS) is 10.7. The third kappa shape index (κ3) is 6.43. The number of unbranched alkanes of at least 4 members (excludes halogenated alkanes) is 1. The maximum absolute atomic E-state index is 12.2. The maximum Gasteiger partial charge on any atom is 0.264 e. The SMILES string of the molecule is CCCCc1ccc(Cc2cnc(NC(=O)COc3cc(C)ccc3C)s2)cc1. The van der Waals surface area contributed by atoms with Crippen LogP contribution in [0, 0.1) is 13.8 Å². The van der Waals surface area contributed by atoms with Crippen LogP contribution in [0.3, 0.4) is 0 Å². The van der Waals surface area contributed by atoms with Crippen LogP contribution in [-0.2, 0) is 17.6 Å². The largest absolute Gasteiger partial charge is 0.483 e. The monoisotopic (exact) mass is 408 g/mol. The van der Waals surface area contributed by atoms with E-state index in [0.717, 1.165) is 34.6 Å². The predicted molar refractivity (Wildman–Crippen MR) is 120 cm³/mol. The van der Waals surface area contributed by atoms with Crippen molar-refractivity contribution in [1.82, 2.24) is 4.98 Å². The molecule has 4 nitrogen and oxygen atoms in total. The number of nitrogens with one attached hydrogen (secondary N) is 1. The van der Waals surface area contributed by atoms with Crippen molar-refractivity contribution in [2.24, 2.45) is 0 Å². The van der Waals surface area contributed by atoms with Crippen molar-refractivity contribution in [1.29, 1.82) is 0 Å². The first-order chi connectivity index (χ1) is 14.0. The summed E-state index contributed by atoms with van der Waals surface area (Å²) in [5, 5.41) is 3.43. The second kappa shape index (κ2) is 10.2. The van der Waals surface area contributed by atoms with E-state index in [9.17, 15) is 4.79 Å². The first-order valence-corrected chi connectivity index (χ1v) is 10.9. The third-order valence-electron chi connectivity index (χ3n) is 4.72. The number of amides is 1. The molecule has 0 unspecified atom stereocenters. The lowest BCUT2D eigenvalue weighted by Crippen LogP contribution is -2.20. The highest BCUT2D eigenvalue weighted by atomic mass is 32.1. The lowest BCUT2D eigenvalue weighted by molar-refractivity contribution is -0.118. The Hall–Kier alpha value is -2.66. The molecule has 1 heterocycles. The second-order valence-electron chi connectivity index (χ2n) is 7.33. The molecule has 0 radical (unpaired) electrons. The smallest absolute Gasteiger partial charge is 0.264 e. The molecule has 1 amide bonds. The molecule has 0 saturated carbocycles. The molecule has 2 aromatic carbocycles. The van der Waals surface area contributed by atoms with Crippen LogP contribution in [0.1, 0.15) is 46.9 Å². The zero-order valence-electron chi connectivity index (χ0n) is 17.3. The van der Waals surface area contributed by atoms with Crippen LogP contribution >= 0.6 is 11.3 Å². The van der Waals surface area contributed by atoms with Gasteiger partial charge in [-0.1, -0.05) is 49.7 Å². The zero-order valence-corrected chi connectivity index (χ0v) is 18.1. The lowest BCUT2D eigenvalue weighted by Gasteiger charge is -2.09. The summed E-state index contributed by atoms with van der Waals surface area (Å²) in [5.41, 5.74) is 4.76. The number of aryl methyl sites for hydroxylation is 3. The molecule has 0 aliphatic rings. The van der Waals surface area contributed by atoms with Crippen LogP contribution in [0.4, 0.5) is 5.13 Å². The fraction of sp³-hybridized carbons (Fsp3) is 0.333. The molecule has 0 bridgehead atoms. The van der Waals surface area contributed by atoms with Gasteiger partial charge >= 0.3 is 0 Å². The van der Waals surface area contributed by atoms with Gasteiger partial charge in [0.2, 0.25) is 0 Å². The summed E-state index contributed by atoms with van der Waals surface area (Å²) in [5.74, 6) is 0.537. The van der Waals surface area contributed by atoms with Crippen LogP contribution in [0.15, 0.2) is 48.7 Å². The van der Waals surface area contributed by atoms with Gasteiger partial charge in [-0.25, -0.2) is 4.98 Å². The molecule has 0 fully saturated rings. The predicted octanol–water partition coefficient (Wildman–Crippen LogP) is 5.71. The topological polar surface area (TPSA) is 51.2 Å². The fourth-order valence-electron chi connectivity index (χ4n) is 3.01. The molecule has 0 spiro atoms. The van der Waals surface area contributed by atoms with Gasteiger partial charge in [0.25, 0.3) is 5.91 Å². The molecule has 5 heteroatoms. The number of benzene rings is 2. The van der Waals surface area contributed by atoms with Crippen LogP contribution in [-0.4, -0.2) is 17.5 Å². The van der Waals surface area contributed by atoms with Gasteiger partial charge in [-0.3, -0.25) is 10.1 Å². The van der Waals surface area contributed by atoms with Gasteiger partial charge in [0.1, 0.15) is 5.75 Å². The molecule has 1 N–H and O–H groups in total. The molecular weight excluding hydrogens is 380 g/mol. The molecular formula is C24H28N2O2S. The molecule has 1 aromatic heterocycles. The number of hydrogen-bond donors (Lipinski definition) is 1. The van der Waals surface area contributed by atoms with E-state index in [2.05, 4.69) is 41.5 Å². The Bertz CT molecular complexity index is 948. The zero-order chi connectivity index (χ0) is 20.6. The Morgan fingerprint density at radius 1 is 1.10 bits per heavy atom. The van der Waals surface area contributed by atoms with Crippen LogP contribution in [0.5, 0.6) is 5.75 Å². The van der Waals surface area contributed by atoms with Gasteiger partial charge < -0.3 is 4.74 Å². The summed E-state index contributed by atoms with van der Waals surface area (Å²) in [6.45, 7) is 6.15. The Morgan fingerprint density at radius 3 is 2.62 bits per heavy atom. The number of aromatic nitrogens is 1. The number of carbonyl (C=O) groups excluding carboxylic acids is 1. The summed E-state index contributed by atoms with van der Waals surface area (Å²) >= 11 is 1.50. The minimum atomic E-state index is -0.202. The summed E-state index contributed by atoms with van der Waals surface area (Å²) < 4.78 is 5.66. The molecule has 0 aliphatic heterocycles. The molecule has 3 rings (SSSR count). The van der Waals surface area contributed by atoms with Gasteiger partial charge in [0, 0.05) is 17.5 Å². The van der Waals surface area contributed by atoms with Crippen molar-refractivity contribution in [2.75, 3.05) is 11.9 Å². The van der Waals surface area contributed by atoms with Gasteiger partial charge in [-0.15, -0.1) is 11.3 Å². The van der Waals surface area contributed by atoms with E-state index < -0.39 is 0 Å². The Balaban J connectivity index is 1.50. The van der Waals surface area contributed by atoms with Crippen molar-refractivity contribution in [2.45, 2.75) is 46.5 Å². The van der Waals surface area contributed by atoms with E-state index in [1.165, 1.54) is 35.3 Å². The van der Waals surface area contributed by atoms with Crippen LogP contribution in [0.2, 0.25) is 0 Å². The number of carbonyl (C=O) groups is 1. The van der Waals surface area contributed by atoms with Gasteiger partial charge in [-0.2, -0.15) is 0 Å². The van der Waals surface area contributed by atoms with Crippen molar-refractivity contribution in [3.63, 3.8) is 0 Å². The van der Waals surface area contributed by atoms with Crippen molar-refractivity contribution < 1.29 is 9.53 Å². The highest BCUT2D eigenvalue weighted by Gasteiger charge is 2.09. The molecule has 0 saturated heterocycles. The summed E-state index contributed by atoms with van der Waals surface area (Å²) in [6, 6.07) is 14.7. The molecule has 152 valence electrons. The summed E-state index contributed by atoms with van der Waals surface area (Å²) in [7, 11) is 0. The Morgan fingerprint density at radius 2 is 1.86 bits per heavy atom. The Labute approximate surface area is 177 Å². The van der Waals surface area contributed by atoms with E-state index in [1.807, 2.05) is 38.2 Å². The number of anilines is 1. The number of nitrogens with zero attached hydrogens (tertiary/aromatic N) is 1. The third-order valence-corrected chi connectivity index (χ3v) is 5.64. The molecule has 0 aliphatic carbocycles. The number of ether oxygens (including phenoxy) is 1. The van der Waals surface area contributed by atoms with Gasteiger partial charge in [0.15, 0.2) is 11.7 Å². The van der Waals surface area contributed by atoms with Gasteiger partial charge in [-0.05, 0) is 55.0 Å². The number of rotatable bonds is 9. The average molecular weight is 409 g/mol. The first kappa shape index (κ1) is 21.1. The van der Waals surface area contributed by atoms with E-state index >= 15 is 0 Å². The Kier molecular flexibility index (Phi) is 7.42. The van der Waals surface area contributed by atoms with E-state index in [-0.39, 0.29) is 12.5 Å². The van der Waals surface area contributed by atoms with E-state index in [1.54, 1.807) is 0 Å². The molecule has 0 atom stereocenters. The molecule has 29 heavy (non-hydrogen) atoms. The highest BCUT2D eigenvalue weighted by Crippen LogP contribution is 2.22. The highest BCUT2D eigenvalue weighted by molar-refractivity contribution is 7.15. The van der Waals surface area contributed by atoms with Gasteiger partial charge in [0.05, 0.1) is 0 Å². The van der Waals surface area contributed by atoms with Crippen LogP contribution < -0.4 is 10.1 Å². The minimum Gasteiger partial charge on any atom is -0.483 e. The van der Waals surface area contributed by atoms with Crippen molar-refractivity contribution in [3.05, 3.63) is 75.8 Å². The summed E-state index contributed by atoms with van der Waals surface area (Å²) in [6.07, 6.45) is 6.23. The standard InChI is InChI=1S/C24H28N2O2S/c1-4-5-6-19-9-11-20(12-10-19)14-21-15-25-24(29-21)26-23(27)16-28-22-13-17(2)7-8-18(22)3/h7-13,15H,4-6,14,16H2,1-3H3,(H,25,26,27). The summed E-state index contributed by atoms with van der Waals surface area (Å²) in [4.78, 5) is 17.7. The van der Waals surface area contributed by atoms with E-state index in [0.29, 0.717) is 5.13 Å². The average Bonchev–Trinajstić information content (AvgIpc) is 3.14. The van der Waals surface area contributed by atoms with Crippen LogP contribution in [0.25, 0.3) is 0 Å². The fourth-order valence-corrected chi connectivity index (χ4v) is 3.88. The number of hydrogen-bond acceptors (Lipinski definition) is 4. The first-order valence-electron chi connectivity index (χ1n) is 10.1. The van der Waals surface area contributed by atoms with Crippen molar-refractivity contribution >= 4 is 22.4 Å². The second-order valence-corrected chi connectivity index (χ2v) is 8.45. The number of thiazole rings is 1. The van der Waals surface area contributed by atoms with E-state index in [4.69, 9.17) is 4.74 Å². The minimum absolute atomic E-state index is 0.0293. The molecule has 3 aromatic rings. The lowest BCUT2D eigenvalue weighted by atomic mass is 10.0. The quantitative estimate of drug-likeness (QED) is 0.493.